The molecule has 2 aromatic rings. The van der Waals surface area contributed by atoms with Gasteiger partial charge in [0.15, 0.2) is 0 Å². The van der Waals surface area contributed by atoms with Crippen LogP contribution in [0.5, 0.6) is 0 Å². The number of benzene rings is 1. The lowest BCUT2D eigenvalue weighted by Crippen LogP contribution is -2.06. The maximum atomic E-state index is 6.28. The summed E-state index contributed by atoms with van der Waals surface area (Å²) in [5.41, 5.74) is 2.79. The third kappa shape index (κ3) is 2.62. The number of aromatic nitrogens is 2. The van der Waals surface area contributed by atoms with Crippen molar-refractivity contribution < 1.29 is 0 Å². The van der Waals surface area contributed by atoms with Gasteiger partial charge in [0.05, 0.1) is 33.7 Å². The highest BCUT2D eigenvalue weighted by Gasteiger charge is 2.12. The van der Waals surface area contributed by atoms with Crippen LogP contribution < -0.4 is 5.32 Å². The molecule has 1 aromatic heterocycles. The first-order valence-corrected chi connectivity index (χ1v) is 6.57. The topological polar surface area (TPSA) is 29.9 Å². The maximum absolute atomic E-state index is 6.28. The van der Waals surface area contributed by atoms with E-state index in [-0.39, 0.29) is 0 Å². The highest BCUT2D eigenvalue weighted by molar-refractivity contribution is 6.33. The predicted molar refractivity (Wildman–Crippen MR) is 76.4 cm³/mol. The summed E-state index contributed by atoms with van der Waals surface area (Å²) in [5, 5.41) is 9.08. The molecule has 0 saturated heterocycles. The normalized spacial score (nSPS) is 10.7. The van der Waals surface area contributed by atoms with E-state index in [9.17, 15) is 0 Å². The summed E-state index contributed by atoms with van der Waals surface area (Å²) < 4.78 is 1.81. The van der Waals surface area contributed by atoms with E-state index in [4.69, 9.17) is 23.2 Å². The Kier molecular flexibility index (Phi) is 4.15. The standard InChI is InChI=1S/C13H15Cl2N3/c1-3-10-13(15)12(18(2)17-10)8-16-11-7-5-4-6-9(11)14/h4-7,16H,3,8H2,1-2H3. The molecule has 1 aromatic carbocycles. The molecule has 96 valence electrons. The molecule has 3 nitrogen and oxygen atoms in total. The molecule has 0 spiro atoms. The molecule has 5 heteroatoms. The fourth-order valence-electron chi connectivity index (χ4n) is 1.80. The molecule has 0 atom stereocenters. The van der Waals surface area contributed by atoms with Gasteiger partial charge in [0, 0.05) is 7.05 Å². The summed E-state index contributed by atoms with van der Waals surface area (Å²) >= 11 is 12.4. The molecule has 0 unspecified atom stereocenters. The minimum atomic E-state index is 0.603. The first-order chi connectivity index (χ1) is 8.63. The molecule has 0 fully saturated rings. The number of nitrogens with one attached hydrogen (secondary N) is 1. The zero-order valence-corrected chi connectivity index (χ0v) is 11.9. The van der Waals surface area contributed by atoms with Gasteiger partial charge in [-0.15, -0.1) is 0 Å². The van der Waals surface area contributed by atoms with E-state index in [0.717, 1.165) is 28.5 Å². The van der Waals surface area contributed by atoms with Crippen LogP contribution in [0.4, 0.5) is 5.69 Å². The molecule has 0 bridgehead atoms. The Labute approximate surface area is 117 Å². The van der Waals surface area contributed by atoms with Gasteiger partial charge in [0.2, 0.25) is 0 Å². The van der Waals surface area contributed by atoms with Gasteiger partial charge < -0.3 is 5.32 Å². The summed E-state index contributed by atoms with van der Waals surface area (Å²) in [4.78, 5) is 0. The Morgan fingerprint density at radius 3 is 2.61 bits per heavy atom. The van der Waals surface area contributed by atoms with E-state index in [1.54, 1.807) is 0 Å². The van der Waals surface area contributed by atoms with Crippen LogP contribution >= 0.6 is 23.2 Å². The quantitative estimate of drug-likeness (QED) is 0.922. The monoisotopic (exact) mass is 283 g/mol. The number of halogens is 2. The highest BCUT2D eigenvalue weighted by Crippen LogP contribution is 2.24. The number of rotatable bonds is 4. The minimum absolute atomic E-state index is 0.603. The molecular weight excluding hydrogens is 269 g/mol. The van der Waals surface area contributed by atoms with Crippen molar-refractivity contribution in [3.63, 3.8) is 0 Å². The van der Waals surface area contributed by atoms with E-state index in [2.05, 4.69) is 10.4 Å². The van der Waals surface area contributed by atoms with E-state index in [1.165, 1.54) is 0 Å². The maximum Gasteiger partial charge on any atom is 0.0868 e. The Hall–Kier alpha value is -1.19. The molecule has 18 heavy (non-hydrogen) atoms. The molecule has 1 N–H and O–H groups in total. The number of hydrogen-bond donors (Lipinski definition) is 1. The average Bonchev–Trinajstić information content (AvgIpc) is 2.64. The Morgan fingerprint density at radius 1 is 1.28 bits per heavy atom. The number of para-hydroxylation sites is 1. The zero-order valence-electron chi connectivity index (χ0n) is 10.4. The Balaban J connectivity index is 2.16. The van der Waals surface area contributed by atoms with Crippen LogP contribution in [0.3, 0.4) is 0 Å². The van der Waals surface area contributed by atoms with Crippen LogP contribution in [0.25, 0.3) is 0 Å². The van der Waals surface area contributed by atoms with Crippen LogP contribution in [-0.4, -0.2) is 9.78 Å². The van der Waals surface area contributed by atoms with Gasteiger partial charge in [-0.2, -0.15) is 5.10 Å². The summed E-state index contributed by atoms with van der Waals surface area (Å²) in [5.74, 6) is 0. The van der Waals surface area contributed by atoms with Crippen LogP contribution in [0.15, 0.2) is 24.3 Å². The third-order valence-electron chi connectivity index (χ3n) is 2.82. The number of anilines is 1. The molecule has 2 rings (SSSR count). The van der Waals surface area contributed by atoms with Crippen molar-refractivity contribution in [2.75, 3.05) is 5.32 Å². The first kappa shape index (κ1) is 13.2. The van der Waals surface area contributed by atoms with Crippen molar-refractivity contribution in [3.8, 4) is 0 Å². The lowest BCUT2D eigenvalue weighted by molar-refractivity contribution is 0.707. The minimum Gasteiger partial charge on any atom is -0.378 e. The predicted octanol–water partition coefficient (Wildman–Crippen LogP) is 3.90. The lowest BCUT2D eigenvalue weighted by Gasteiger charge is -2.08. The van der Waals surface area contributed by atoms with Gasteiger partial charge in [-0.25, -0.2) is 0 Å². The van der Waals surface area contributed by atoms with Crippen molar-refractivity contribution in [1.82, 2.24) is 9.78 Å². The second kappa shape index (κ2) is 5.63. The van der Waals surface area contributed by atoms with Crippen molar-refractivity contribution >= 4 is 28.9 Å². The van der Waals surface area contributed by atoms with E-state index < -0.39 is 0 Å². The molecule has 0 radical (unpaired) electrons. The van der Waals surface area contributed by atoms with Crippen molar-refractivity contribution in [2.45, 2.75) is 19.9 Å². The smallest absolute Gasteiger partial charge is 0.0868 e. The molecule has 0 aliphatic rings. The van der Waals surface area contributed by atoms with Gasteiger partial charge >= 0.3 is 0 Å². The van der Waals surface area contributed by atoms with Gasteiger partial charge in [-0.3, -0.25) is 4.68 Å². The Morgan fingerprint density at radius 2 is 2.00 bits per heavy atom. The van der Waals surface area contributed by atoms with E-state index in [0.29, 0.717) is 11.6 Å². The molecule has 0 aliphatic heterocycles. The lowest BCUT2D eigenvalue weighted by atomic mass is 10.3. The third-order valence-corrected chi connectivity index (χ3v) is 3.59. The summed E-state index contributed by atoms with van der Waals surface area (Å²) in [6.45, 7) is 2.64. The fourth-order valence-corrected chi connectivity index (χ4v) is 2.36. The van der Waals surface area contributed by atoms with Crippen LogP contribution in [0.1, 0.15) is 18.3 Å². The number of aryl methyl sites for hydroxylation is 2. The summed E-state index contributed by atoms with van der Waals surface area (Å²) in [7, 11) is 1.90. The second-order valence-electron chi connectivity index (χ2n) is 4.02. The Bertz CT molecular complexity index is 549. The highest BCUT2D eigenvalue weighted by atomic mass is 35.5. The molecular formula is C13H15Cl2N3. The van der Waals surface area contributed by atoms with Crippen LogP contribution in [0.2, 0.25) is 10.0 Å². The van der Waals surface area contributed by atoms with Crippen LogP contribution in [0, 0.1) is 0 Å². The van der Waals surface area contributed by atoms with Crippen molar-refractivity contribution in [1.29, 1.82) is 0 Å². The SMILES string of the molecule is CCc1nn(C)c(CNc2ccccc2Cl)c1Cl. The van der Waals surface area contributed by atoms with E-state index in [1.807, 2.05) is 42.9 Å². The molecule has 1 heterocycles. The largest absolute Gasteiger partial charge is 0.378 e. The number of hydrogen-bond acceptors (Lipinski definition) is 2. The van der Waals surface area contributed by atoms with E-state index >= 15 is 0 Å². The molecule has 0 amide bonds. The van der Waals surface area contributed by atoms with Crippen molar-refractivity contribution in [3.05, 3.63) is 45.7 Å². The van der Waals surface area contributed by atoms with Gasteiger partial charge in [-0.1, -0.05) is 42.3 Å². The number of nitrogens with zero attached hydrogens (tertiary/aromatic N) is 2. The average molecular weight is 284 g/mol. The van der Waals surface area contributed by atoms with Gasteiger partial charge in [-0.05, 0) is 18.6 Å². The van der Waals surface area contributed by atoms with Gasteiger partial charge in [0.25, 0.3) is 0 Å². The fraction of sp³-hybridized carbons (Fsp3) is 0.308. The summed E-state index contributed by atoms with van der Waals surface area (Å²) in [6.07, 6.45) is 0.832. The van der Waals surface area contributed by atoms with Crippen molar-refractivity contribution in [2.24, 2.45) is 7.05 Å². The van der Waals surface area contributed by atoms with Gasteiger partial charge in [0.1, 0.15) is 0 Å². The molecule has 0 saturated carbocycles. The second-order valence-corrected chi connectivity index (χ2v) is 4.80. The summed E-state index contributed by atoms with van der Waals surface area (Å²) in [6, 6.07) is 7.63. The van der Waals surface area contributed by atoms with Crippen LogP contribution in [-0.2, 0) is 20.0 Å². The first-order valence-electron chi connectivity index (χ1n) is 5.82. The molecule has 0 aliphatic carbocycles. The zero-order chi connectivity index (χ0) is 13.1.